The monoisotopic (exact) mass is 281 g/mol. The van der Waals surface area contributed by atoms with Crippen molar-refractivity contribution >= 4 is 5.82 Å². The molecule has 8 nitrogen and oxygen atoms in total. The van der Waals surface area contributed by atoms with Gasteiger partial charge in [0.1, 0.15) is 18.0 Å². The molecule has 0 saturated carbocycles. The maximum absolute atomic E-state index is 11.8. The number of terminal acetylenes is 1. The third kappa shape index (κ3) is 1.97. The molecule has 2 rings (SSSR count). The Morgan fingerprint density at radius 1 is 1.65 bits per heavy atom. The fourth-order valence-electron chi connectivity index (χ4n) is 2.07. The number of hydrogen-bond donors (Lipinski definition) is 4. The predicted octanol–water partition coefficient (Wildman–Crippen LogP) is -2.25. The minimum Gasteiger partial charge on any atom is -0.392 e. The molecule has 0 unspecified atom stereocenters. The summed E-state index contributed by atoms with van der Waals surface area (Å²) in [6, 6.07) is 0. The van der Waals surface area contributed by atoms with E-state index in [-0.39, 0.29) is 5.82 Å². The van der Waals surface area contributed by atoms with Crippen LogP contribution in [0.15, 0.2) is 11.0 Å². The Morgan fingerprint density at radius 3 is 2.80 bits per heavy atom. The summed E-state index contributed by atoms with van der Waals surface area (Å²) in [5, 5.41) is 29.2. The molecule has 1 saturated heterocycles. The smallest absolute Gasteiger partial charge is 0.351 e. The molecule has 108 valence electrons. The quantitative estimate of drug-likeness (QED) is 0.450. The summed E-state index contributed by atoms with van der Waals surface area (Å²) in [5.41, 5.74) is 3.48. The van der Waals surface area contributed by atoms with E-state index in [9.17, 15) is 20.1 Å². The molecule has 0 aromatic carbocycles. The highest BCUT2D eigenvalue weighted by Crippen LogP contribution is 2.36. The third-order valence-corrected chi connectivity index (χ3v) is 3.35. The first-order chi connectivity index (χ1) is 9.36. The molecule has 0 spiro atoms. The van der Waals surface area contributed by atoms with Gasteiger partial charge in [0.2, 0.25) is 0 Å². The summed E-state index contributed by atoms with van der Waals surface area (Å²) in [6.07, 6.45) is 2.30. The molecule has 0 aliphatic carbocycles. The number of anilines is 1. The molecule has 1 aliphatic heterocycles. The van der Waals surface area contributed by atoms with Crippen LogP contribution in [0, 0.1) is 19.3 Å². The summed E-state index contributed by atoms with van der Waals surface area (Å²) >= 11 is 0. The summed E-state index contributed by atoms with van der Waals surface area (Å²) in [6.45, 7) is 0.921. The molecule has 4 atom stereocenters. The summed E-state index contributed by atoms with van der Waals surface area (Å²) in [5.74, 6) is 2.17. The zero-order valence-electron chi connectivity index (χ0n) is 10.7. The van der Waals surface area contributed by atoms with Crippen LogP contribution in [0.3, 0.4) is 0 Å². The molecular formula is C12H15N3O5. The number of hydrogen-bond acceptors (Lipinski definition) is 7. The normalized spacial score (nSPS) is 33.0. The van der Waals surface area contributed by atoms with Crippen LogP contribution in [0.2, 0.25) is 0 Å². The molecule has 0 radical (unpaired) electrons. The first-order valence-corrected chi connectivity index (χ1v) is 5.84. The zero-order chi connectivity index (χ0) is 15.1. The predicted molar refractivity (Wildman–Crippen MR) is 68.4 cm³/mol. The maximum atomic E-state index is 11.8. The van der Waals surface area contributed by atoms with Gasteiger partial charge in [0.15, 0.2) is 11.8 Å². The largest absolute Gasteiger partial charge is 0.392 e. The summed E-state index contributed by atoms with van der Waals surface area (Å²) < 4.78 is 6.31. The van der Waals surface area contributed by atoms with Gasteiger partial charge >= 0.3 is 5.69 Å². The number of nitrogen functional groups attached to an aromatic ring is 1. The Kier molecular flexibility index (Phi) is 3.54. The number of rotatable bonds is 2. The number of aliphatic hydroxyl groups is 3. The molecule has 1 aromatic rings. The van der Waals surface area contributed by atoms with Crippen LogP contribution in [0.1, 0.15) is 11.8 Å². The van der Waals surface area contributed by atoms with Crippen molar-refractivity contribution in [3.05, 3.63) is 22.2 Å². The van der Waals surface area contributed by atoms with Gasteiger partial charge in [0, 0.05) is 11.8 Å². The molecular weight excluding hydrogens is 266 g/mol. The minimum absolute atomic E-state index is 0.0599. The third-order valence-electron chi connectivity index (χ3n) is 3.35. The topological polar surface area (TPSA) is 131 Å². The summed E-state index contributed by atoms with van der Waals surface area (Å²) in [7, 11) is 0. The van der Waals surface area contributed by atoms with Crippen LogP contribution in [0.4, 0.5) is 5.82 Å². The van der Waals surface area contributed by atoms with Gasteiger partial charge in [-0.05, 0) is 6.92 Å². The number of aromatic nitrogens is 2. The lowest BCUT2D eigenvalue weighted by molar-refractivity contribution is -0.0936. The summed E-state index contributed by atoms with van der Waals surface area (Å²) in [4.78, 5) is 15.4. The van der Waals surface area contributed by atoms with Gasteiger partial charge in [0.05, 0.1) is 6.61 Å². The average molecular weight is 281 g/mol. The van der Waals surface area contributed by atoms with Crippen molar-refractivity contribution < 1.29 is 20.1 Å². The highest BCUT2D eigenvalue weighted by molar-refractivity contribution is 5.35. The molecule has 0 bridgehead atoms. The van der Waals surface area contributed by atoms with Crippen molar-refractivity contribution in [2.45, 2.75) is 31.0 Å². The van der Waals surface area contributed by atoms with E-state index in [1.165, 1.54) is 6.20 Å². The van der Waals surface area contributed by atoms with E-state index in [1.54, 1.807) is 6.92 Å². The lowest BCUT2D eigenvalue weighted by atomic mass is 9.97. The molecule has 1 aromatic heterocycles. The Labute approximate surface area is 114 Å². The molecule has 1 aliphatic rings. The van der Waals surface area contributed by atoms with Crippen LogP contribution in [-0.2, 0) is 4.74 Å². The SMILES string of the molecule is C#C[C@]1(CO)O[C@@H](n2cc(C)c(N)nc2=O)[C@H](O)[C@@H]1O. The lowest BCUT2D eigenvalue weighted by Gasteiger charge is -2.23. The molecule has 0 amide bonds. The van der Waals surface area contributed by atoms with Crippen molar-refractivity contribution in [3.63, 3.8) is 0 Å². The van der Waals surface area contributed by atoms with E-state index < -0.39 is 36.3 Å². The minimum atomic E-state index is -1.77. The van der Waals surface area contributed by atoms with Crippen molar-refractivity contribution in [3.8, 4) is 12.3 Å². The van der Waals surface area contributed by atoms with E-state index >= 15 is 0 Å². The number of nitrogens with zero attached hydrogens (tertiary/aromatic N) is 2. The fourth-order valence-corrected chi connectivity index (χ4v) is 2.07. The fraction of sp³-hybridized carbons (Fsp3) is 0.500. The van der Waals surface area contributed by atoms with Gasteiger partial charge in [-0.25, -0.2) is 4.79 Å². The molecule has 8 heteroatoms. The Balaban J connectivity index is 2.48. The number of nitrogens with two attached hydrogens (primary N) is 1. The van der Waals surface area contributed by atoms with Crippen molar-refractivity contribution in [1.82, 2.24) is 9.55 Å². The van der Waals surface area contributed by atoms with Gasteiger partial charge in [-0.2, -0.15) is 4.98 Å². The van der Waals surface area contributed by atoms with Gasteiger partial charge in [-0.15, -0.1) is 6.42 Å². The Hall–Kier alpha value is -1.92. The zero-order valence-corrected chi connectivity index (χ0v) is 10.7. The van der Waals surface area contributed by atoms with Gasteiger partial charge in [-0.1, -0.05) is 5.92 Å². The lowest BCUT2D eigenvalue weighted by Crippen LogP contribution is -2.45. The van der Waals surface area contributed by atoms with Gasteiger partial charge < -0.3 is 25.8 Å². The van der Waals surface area contributed by atoms with E-state index in [0.717, 1.165) is 4.57 Å². The van der Waals surface area contributed by atoms with Crippen LogP contribution >= 0.6 is 0 Å². The molecule has 5 N–H and O–H groups in total. The maximum Gasteiger partial charge on any atom is 0.351 e. The standard InChI is InChI=1S/C12H15N3O5/c1-3-12(5-16)8(18)7(17)10(20-12)15-4-6(2)9(13)14-11(15)19/h1,4,7-8,10,16-18H,5H2,2H3,(H2,13,14,19)/t7-,8+,10-,12-/m1/s1. The van der Waals surface area contributed by atoms with E-state index in [1.807, 2.05) is 0 Å². The number of aryl methyl sites for hydroxylation is 1. The second kappa shape index (κ2) is 4.88. The van der Waals surface area contributed by atoms with Crippen molar-refractivity contribution in [2.75, 3.05) is 12.3 Å². The molecule has 20 heavy (non-hydrogen) atoms. The second-order valence-corrected chi connectivity index (χ2v) is 4.63. The van der Waals surface area contributed by atoms with E-state index in [2.05, 4.69) is 10.9 Å². The molecule has 2 heterocycles. The van der Waals surface area contributed by atoms with Gasteiger partial charge in [0.25, 0.3) is 0 Å². The van der Waals surface area contributed by atoms with E-state index in [0.29, 0.717) is 5.56 Å². The highest BCUT2D eigenvalue weighted by Gasteiger charge is 2.54. The second-order valence-electron chi connectivity index (χ2n) is 4.63. The average Bonchev–Trinajstić information content (AvgIpc) is 2.68. The van der Waals surface area contributed by atoms with Crippen molar-refractivity contribution in [2.24, 2.45) is 0 Å². The molecule has 1 fully saturated rings. The first-order valence-electron chi connectivity index (χ1n) is 5.84. The van der Waals surface area contributed by atoms with Gasteiger partial charge in [-0.3, -0.25) is 4.57 Å². The first kappa shape index (κ1) is 14.5. The highest BCUT2D eigenvalue weighted by atomic mass is 16.6. The van der Waals surface area contributed by atoms with Crippen LogP contribution in [0.25, 0.3) is 0 Å². The van der Waals surface area contributed by atoms with Crippen LogP contribution in [0.5, 0.6) is 0 Å². The number of aliphatic hydroxyl groups excluding tert-OH is 3. The number of ether oxygens (including phenoxy) is 1. The van der Waals surface area contributed by atoms with Crippen LogP contribution in [-0.4, -0.2) is 49.3 Å². The van der Waals surface area contributed by atoms with E-state index in [4.69, 9.17) is 16.9 Å². The Bertz CT molecular complexity index is 622. The van der Waals surface area contributed by atoms with Crippen molar-refractivity contribution in [1.29, 1.82) is 0 Å². The Morgan fingerprint density at radius 2 is 2.30 bits per heavy atom. The van der Waals surface area contributed by atoms with Crippen LogP contribution < -0.4 is 11.4 Å².